The summed E-state index contributed by atoms with van der Waals surface area (Å²) in [5, 5.41) is 0. The molecule has 3 nitrogen and oxygen atoms in total. The Bertz CT molecular complexity index is 862. The standard InChI is InChI=1S/C22H19NO2/c1-2-14-24-21-12-7-6-11-19(21)17-23-20(22-13-8-15-25-22)16-18-9-4-3-5-10-18/h2-13,15-17H,1,14H2/b20-16-,23-17?. The molecular formula is C22H19NO2. The molecule has 1 aromatic heterocycles. The Morgan fingerprint density at radius 2 is 1.80 bits per heavy atom. The summed E-state index contributed by atoms with van der Waals surface area (Å²) in [5.41, 5.74) is 2.70. The minimum atomic E-state index is 0.454. The van der Waals surface area contributed by atoms with E-state index in [0.29, 0.717) is 12.4 Å². The Kier molecular flexibility index (Phi) is 5.62. The molecule has 1 heterocycles. The molecule has 0 aliphatic heterocycles. The van der Waals surface area contributed by atoms with Gasteiger partial charge in [0.2, 0.25) is 0 Å². The van der Waals surface area contributed by atoms with Crippen molar-refractivity contribution in [2.75, 3.05) is 6.61 Å². The lowest BCUT2D eigenvalue weighted by Gasteiger charge is -2.06. The highest BCUT2D eigenvalue weighted by atomic mass is 16.5. The van der Waals surface area contributed by atoms with E-state index >= 15 is 0 Å². The van der Waals surface area contributed by atoms with E-state index in [2.05, 4.69) is 11.6 Å². The summed E-state index contributed by atoms with van der Waals surface area (Å²) in [6.07, 6.45) is 7.14. The van der Waals surface area contributed by atoms with Gasteiger partial charge in [-0.25, -0.2) is 0 Å². The lowest BCUT2D eigenvalue weighted by molar-refractivity contribution is 0.363. The van der Waals surface area contributed by atoms with Crippen LogP contribution in [0, 0.1) is 0 Å². The molecule has 0 saturated carbocycles. The van der Waals surface area contributed by atoms with Crippen molar-refractivity contribution in [2.24, 2.45) is 4.99 Å². The first kappa shape index (κ1) is 16.5. The van der Waals surface area contributed by atoms with Crippen molar-refractivity contribution < 1.29 is 9.15 Å². The molecule has 0 N–H and O–H groups in total. The van der Waals surface area contributed by atoms with E-state index in [1.165, 1.54) is 0 Å². The fourth-order valence-corrected chi connectivity index (χ4v) is 2.31. The molecule has 2 aromatic carbocycles. The first-order chi connectivity index (χ1) is 12.4. The predicted molar refractivity (Wildman–Crippen MR) is 103 cm³/mol. The maximum absolute atomic E-state index is 5.68. The van der Waals surface area contributed by atoms with Crippen LogP contribution in [0.2, 0.25) is 0 Å². The molecule has 0 aliphatic rings. The van der Waals surface area contributed by atoms with Crippen molar-refractivity contribution in [3.63, 3.8) is 0 Å². The van der Waals surface area contributed by atoms with Crippen LogP contribution in [0.5, 0.6) is 5.75 Å². The third kappa shape index (κ3) is 4.58. The molecule has 124 valence electrons. The molecule has 3 rings (SSSR count). The van der Waals surface area contributed by atoms with Gasteiger partial charge in [-0.05, 0) is 35.9 Å². The van der Waals surface area contributed by atoms with Crippen LogP contribution in [0.3, 0.4) is 0 Å². The van der Waals surface area contributed by atoms with Crippen molar-refractivity contribution in [1.29, 1.82) is 0 Å². The number of aliphatic imine (C=N–C) groups is 1. The van der Waals surface area contributed by atoms with Crippen molar-refractivity contribution in [3.05, 3.63) is 103 Å². The van der Waals surface area contributed by atoms with E-state index in [-0.39, 0.29) is 0 Å². The van der Waals surface area contributed by atoms with Gasteiger partial charge in [0.05, 0.1) is 6.26 Å². The van der Waals surface area contributed by atoms with Gasteiger partial charge in [-0.2, -0.15) is 0 Å². The Labute approximate surface area is 147 Å². The maximum Gasteiger partial charge on any atom is 0.152 e. The van der Waals surface area contributed by atoms with Crippen LogP contribution < -0.4 is 4.74 Å². The van der Waals surface area contributed by atoms with Crippen LogP contribution in [0.1, 0.15) is 16.9 Å². The zero-order chi connectivity index (χ0) is 17.3. The van der Waals surface area contributed by atoms with Gasteiger partial charge in [-0.3, -0.25) is 4.99 Å². The highest BCUT2D eigenvalue weighted by Gasteiger charge is 2.05. The summed E-state index contributed by atoms with van der Waals surface area (Å²) in [6.45, 7) is 4.13. The summed E-state index contributed by atoms with van der Waals surface area (Å²) in [5.74, 6) is 1.48. The van der Waals surface area contributed by atoms with Crippen molar-refractivity contribution >= 4 is 18.0 Å². The van der Waals surface area contributed by atoms with Gasteiger partial charge in [-0.1, -0.05) is 55.1 Å². The van der Waals surface area contributed by atoms with Crippen molar-refractivity contribution in [3.8, 4) is 5.75 Å². The topological polar surface area (TPSA) is 34.7 Å². The lowest BCUT2D eigenvalue weighted by atomic mass is 10.1. The molecular weight excluding hydrogens is 310 g/mol. The molecule has 0 unspecified atom stereocenters. The Morgan fingerprint density at radius 3 is 2.56 bits per heavy atom. The van der Waals surface area contributed by atoms with E-state index in [1.807, 2.05) is 72.8 Å². The van der Waals surface area contributed by atoms with E-state index in [0.717, 1.165) is 22.6 Å². The van der Waals surface area contributed by atoms with Crippen LogP contribution >= 0.6 is 0 Å². The average Bonchev–Trinajstić information content (AvgIpc) is 3.19. The molecule has 0 fully saturated rings. The fourth-order valence-electron chi connectivity index (χ4n) is 2.31. The number of benzene rings is 2. The average molecular weight is 329 g/mol. The van der Waals surface area contributed by atoms with E-state index in [4.69, 9.17) is 9.15 Å². The SMILES string of the molecule is C=CCOc1ccccc1C=N/C(=C\c1ccccc1)c1ccco1. The predicted octanol–water partition coefficient (Wildman–Crippen LogP) is 5.46. The lowest BCUT2D eigenvalue weighted by Crippen LogP contribution is -1.96. The van der Waals surface area contributed by atoms with Gasteiger partial charge in [0.1, 0.15) is 18.1 Å². The Morgan fingerprint density at radius 1 is 1.00 bits per heavy atom. The zero-order valence-corrected chi connectivity index (χ0v) is 13.8. The molecule has 3 heteroatoms. The first-order valence-electron chi connectivity index (χ1n) is 8.04. The van der Waals surface area contributed by atoms with Gasteiger partial charge in [0, 0.05) is 11.8 Å². The van der Waals surface area contributed by atoms with E-state index < -0.39 is 0 Å². The molecule has 0 aliphatic carbocycles. The van der Waals surface area contributed by atoms with Gasteiger partial charge in [0.15, 0.2) is 5.76 Å². The minimum absolute atomic E-state index is 0.454. The van der Waals surface area contributed by atoms with Gasteiger partial charge in [0.25, 0.3) is 0 Å². The maximum atomic E-state index is 5.68. The first-order valence-corrected chi connectivity index (χ1v) is 8.04. The fraction of sp³-hybridized carbons (Fsp3) is 0.0455. The van der Waals surface area contributed by atoms with Gasteiger partial charge < -0.3 is 9.15 Å². The number of para-hydroxylation sites is 1. The summed E-state index contributed by atoms with van der Waals surface area (Å²) in [6, 6.07) is 21.5. The molecule has 0 spiro atoms. The smallest absolute Gasteiger partial charge is 0.152 e. The summed E-state index contributed by atoms with van der Waals surface area (Å²) in [7, 11) is 0. The highest BCUT2D eigenvalue weighted by Crippen LogP contribution is 2.22. The third-order valence-corrected chi connectivity index (χ3v) is 3.50. The minimum Gasteiger partial charge on any atom is -0.489 e. The molecule has 3 aromatic rings. The second-order valence-electron chi connectivity index (χ2n) is 5.31. The molecule has 0 saturated heterocycles. The normalized spacial score (nSPS) is 11.6. The van der Waals surface area contributed by atoms with Gasteiger partial charge in [-0.15, -0.1) is 0 Å². The molecule has 0 bridgehead atoms. The molecule has 0 radical (unpaired) electrons. The third-order valence-electron chi connectivity index (χ3n) is 3.50. The number of furan rings is 1. The quantitative estimate of drug-likeness (QED) is 0.426. The van der Waals surface area contributed by atoms with E-state index in [1.54, 1.807) is 18.6 Å². The number of rotatable bonds is 7. The highest BCUT2D eigenvalue weighted by molar-refractivity contribution is 5.91. The second-order valence-corrected chi connectivity index (χ2v) is 5.31. The molecule has 0 atom stereocenters. The zero-order valence-electron chi connectivity index (χ0n) is 13.8. The number of hydrogen-bond acceptors (Lipinski definition) is 3. The van der Waals surface area contributed by atoms with Crippen LogP contribution in [-0.4, -0.2) is 12.8 Å². The summed E-state index contributed by atoms with van der Waals surface area (Å²) < 4.78 is 11.2. The van der Waals surface area contributed by atoms with Crippen LogP contribution in [0.4, 0.5) is 0 Å². The van der Waals surface area contributed by atoms with Crippen molar-refractivity contribution in [2.45, 2.75) is 0 Å². The largest absolute Gasteiger partial charge is 0.489 e. The monoisotopic (exact) mass is 329 g/mol. The van der Waals surface area contributed by atoms with Crippen LogP contribution in [0.25, 0.3) is 11.8 Å². The van der Waals surface area contributed by atoms with Crippen molar-refractivity contribution in [1.82, 2.24) is 0 Å². The molecule has 0 amide bonds. The summed E-state index contributed by atoms with van der Waals surface area (Å²) in [4.78, 5) is 4.64. The van der Waals surface area contributed by atoms with Crippen LogP contribution in [-0.2, 0) is 0 Å². The second kappa shape index (κ2) is 8.50. The Hall–Kier alpha value is -3.33. The number of hydrogen-bond donors (Lipinski definition) is 0. The number of ether oxygens (including phenoxy) is 1. The Balaban J connectivity index is 1.92. The van der Waals surface area contributed by atoms with Crippen LogP contribution in [0.15, 0.2) is 95.1 Å². The molecule has 25 heavy (non-hydrogen) atoms. The van der Waals surface area contributed by atoms with E-state index in [9.17, 15) is 0 Å². The summed E-state index contributed by atoms with van der Waals surface area (Å²) >= 11 is 0. The number of nitrogens with zero attached hydrogens (tertiary/aromatic N) is 1. The van der Waals surface area contributed by atoms with Gasteiger partial charge >= 0.3 is 0 Å².